The van der Waals surface area contributed by atoms with Crippen molar-refractivity contribution in [2.45, 2.75) is 6.54 Å². The van der Waals surface area contributed by atoms with Gasteiger partial charge >= 0.3 is 5.97 Å². The average molecular weight is 464 g/mol. The van der Waals surface area contributed by atoms with Gasteiger partial charge in [-0.25, -0.2) is 9.78 Å². The molecule has 168 valence electrons. The van der Waals surface area contributed by atoms with Gasteiger partial charge < -0.3 is 14.2 Å². The number of carbonyl (C=O) groups excluding carboxylic acids is 2. The number of amides is 1. The van der Waals surface area contributed by atoms with Crippen molar-refractivity contribution in [3.8, 4) is 11.5 Å². The van der Waals surface area contributed by atoms with Gasteiger partial charge in [-0.15, -0.1) is 0 Å². The zero-order chi connectivity index (χ0) is 23.4. The van der Waals surface area contributed by atoms with E-state index >= 15 is 0 Å². The molecule has 0 fully saturated rings. The summed E-state index contributed by atoms with van der Waals surface area (Å²) < 4.78 is 16.4. The van der Waals surface area contributed by atoms with E-state index in [2.05, 4.69) is 4.98 Å². The molecule has 0 aliphatic carbocycles. The average Bonchev–Trinajstić information content (AvgIpc) is 3.32. The molecule has 9 heteroatoms. The van der Waals surface area contributed by atoms with Crippen LogP contribution >= 0.6 is 11.3 Å². The molecule has 0 bridgehead atoms. The lowest BCUT2D eigenvalue weighted by molar-refractivity contribution is 0.0600. The molecule has 0 aliphatic heterocycles. The molecular formula is C24H21N3O5S. The predicted octanol–water partition coefficient (Wildman–Crippen LogP) is 4.34. The SMILES string of the molecule is COC(=O)c1ccc(C(=O)N(Cc2ccccn2)c2nc3c(OC)ccc(OC)c3s2)cc1. The summed E-state index contributed by atoms with van der Waals surface area (Å²) in [4.78, 5) is 36.0. The lowest BCUT2D eigenvalue weighted by atomic mass is 10.1. The number of carbonyl (C=O) groups is 2. The lowest BCUT2D eigenvalue weighted by Crippen LogP contribution is -2.30. The minimum Gasteiger partial charge on any atom is -0.495 e. The summed E-state index contributed by atoms with van der Waals surface area (Å²) in [6, 6.07) is 15.4. The predicted molar refractivity (Wildman–Crippen MR) is 125 cm³/mol. The van der Waals surface area contributed by atoms with Crippen LogP contribution in [0.1, 0.15) is 26.4 Å². The molecule has 2 aromatic heterocycles. The van der Waals surface area contributed by atoms with Crippen LogP contribution in [0.4, 0.5) is 5.13 Å². The number of rotatable bonds is 7. The number of methoxy groups -OCH3 is 3. The van der Waals surface area contributed by atoms with Crippen LogP contribution in [0, 0.1) is 0 Å². The van der Waals surface area contributed by atoms with Crippen LogP contribution in [0.5, 0.6) is 11.5 Å². The van der Waals surface area contributed by atoms with Crippen molar-refractivity contribution in [1.82, 2.24) is 9.97 Å². The van der Waals surface area contributed by atoms with E-state index in [1.165, 1.54) is 18.4 Å². The molecule has 0 aliphatic rings. The fraction of sp³-hybridized carbons (Fsp3) is 0.167. The minimum atomic E-state index is -0.468. The zero-order valence-electron chi connectivity index (χ0n) is 18.3. The van der Waals surface area contributed by atoms with Crippen LogP contribution in [-0.4, -0.2) is 43.2 Å². The monoisotopic (exact) mass is 463 g/mol. The van der Waals surface area contributed by atoms with E-state index in [1.54, 1.807) is 61.7 Å². The van der Waals surface area contributed by atoms with Gasteiger partial charge in [0.25, 0.3) is 5.91 Å². The third-order valence-corrected chi connectivity index (χ3v) is 6.07. The molecular weight excluding hydrogens is 442 g/mol. The Hall–Kier alpha value is -3.98. The Morgan fingerprint density at radius 3 is 2.24 bits per heavy atom. The highest BCUT2D eigenvalue weighted by Crippen LogP contribution is 2.40. The van der Waals surface area contributed by atoms with E-state index in [4.69, 9.17) is 19.2 Å². The Kier molecular flexibility index (Phi) is 6.50. The molecule has 8 nitrogen and oxygen atoms in total. The van der Waals surface area contributed by atoms with Gasteiger partial charge in [0.2, 0.25) is 0 Å². The molecule has 4 rings (SSSR count). The number of anilines is 1. The molecule has 0 saturated carbocycles. The molecule has 0 unspecified atom stereocenters. The molecule has 33 heavy (non-hydrogen) atoms. The van der Waals surface area contributed by atoms with Crippen molar-refractivity contribution in [3.05, 3.63) is 77.6 Å². The topological polar surface area (TPSA) is 90.9 Å². The van der Waals surface area contributed by atoms with Crippen molar-refractivity contribution < 1.29 is 23.8 Å². The first-order valence-electron chi connectivity index (χ1n) is 9.97. The summed E-state index contributed by atoms with van der Waals surface area (Å²) in [7, 11) is 4.46. The number of ether oxygens (including phenoxy) is 3. The van der Waals surface area contributed by atoms with E-state index in [0.717, 1.165) is 4.70 Å². The van der Waals surface area contributed by atoms with Gasteiger partial charge in [-0.2, -0.15) is 0 Å². The van der Waals surface area contributed by atoms with Crippen LogP contribution in [0.2, 0.25) is 0 Å². The van der Waals surface area contributed by atoms with E-state index in [9.17, 15) is 9.59 Å². The molecule has 0 atom stereocenters. The largest absolute Gasteiger partial charge is 0.495 e. The number of fused-ring (bicyclic) bond motifs is 1. The van der Waals surface area contributed by atoms with Crippen LogP contribution in [0.3, 0.4) is 0 Å². The molecule has 2 heterocycles. The Morgan fingerprint density at radius 2 is 1.61 bits per heavy atom. The van der Waals surface area contributed by atoms with Crippen LogP contribution in [-0.2, 0) is 11.3 Å². The van der Waals surface area contributed by atoms with Crippen molar-refractivity contribution in [1.29, 1.82) is 0 Å². The second-order valence-electron chi connectivity index (χ2n) is 6.93. The highest BCUT2D eigenvalue weighted by molar-refractivity contribution is 7.22. The molecule has 1 amide bonds. The summed E-state index contributed by atoms with van der Waals surface area (Å²) in [5.41, 5.74) is 2.07. The third-order valence-electron chi connectivity index (χ3n) is 4.97. The van der Waals surface area contributed by atoms with Gasteiger partial charge in [-0.1, -0.05) is 17.4 Å². The summed E-state index contributed by atoms with van der Waals surface area (Å²) in [5.74, 6) is 0.474. The maximum Gasteiger partial charge on any atom is 0.337 e. The fourth-order valence-corrected chi connectivity index (χ4v) is 4.36. The molecule has 0 N–H and O–H groups in total. The zero-order valence-corrected chi connectivity index (χ0v) is 19.1. The first kappa shape index (κ1) is 22.2. The molecule has 0 radical (unpaired) electrons. The molecule has 0 saturated heterocycles. The van der Waals surface area contributed by atoms with E-state index in [1.807, 2.05) is 18.2 Å². The van der Waals surface area contributed by atoms with Crippen LogP contribution in [0.15, 0.2) is 60.8 Å². The summed E-state index contributed by atoms with van der Waals surface area (Å²) >= 11 is 1.33. The van der Waals surface area contributed by atoms with E-state index < -0.39 is 5.97 Å². The minimum absolute atomic E-state index is 0.211. The summed E-state index contributed by atoms with van der Waals surface area (Å²) in [5, 5.41) is 0.473. The number of pyridine rings is 1. The lowest BCUT2D eigenvalue weighted by Gasteiger charge is -2.19. The maximum atomic E-state index is 13.6. The quantitative estimate of drug-likeness (QED) is 0.377. The number of nitrogens with zero attached hydrogens (tertiary/aromatic N) is 3. The van der Waals surface area contributed by atoms with Crippen LogP contribution < -0.4 is 14.4 Å². The maximum absolute atomic E-state index is 13.6. The normalized spacial score (nSPS) is 10.6. The smallest absolute Gasteiger partial charge is 0.337 e. The van der Waals surface area contributed by atoms with Crippen molar-refractivity contribution in [2.24, 2.45) is 0 Å². The molecule has 2 aromatic carbocycles. The molecule has 0 spiro atoms. The van der Waals surface area contributed by atoms with Gasteiger partial charge in [0.05, 0.1) is 39.1 Å². The van der Waals surface area contributed by atoms with Gasteiger partial charge in [0.15, 0.2) is 5.13 Å². The Bertz CT molecular complexity index is 1250. The Labute approximate surface area is 194 Å². The third kappa shape index (κ3) is 4.49. The Balaban J connectivity index is 1.78. The first-order valence-corrected chi connectivity index (χ1v) is 10.8. The van der Waals surface area contributed by atoms with Gasteiger partial charge in [0.1, 0.15) is 21.7 Å². The highest BCUT2D eigenvalue weighted by Gasteiger charge is 2.24. The summed E-state index contributed by atoms with van der Waals surface area (Å²) in [6.45, 7) is 0.211. The second-order valence-corrected chi connectivity index (χ2v) is 7.90. The first-order chi connectivity index (χ1) is 16.0. The number of benzene rings is 2. The van der Waals surface area contributed by atoms with Gasteiger partial charge in [0, 0.05) is 11.8 Å². The second kappa shape index (κ2) is 9.66. The number of hydrogen-bond donors (Lipinski definition) is 0. The number of hydrogen-bond acceptors (Lipinski definition) is 8. The van der Waals surface area contributed by atoms with Crippen molar-refractivity contribution >= 4 is 38.6 Å². The van der Waals surface area contributed by atoms with E-state index in [0.29, 0.717) is 39.0 Å². The highest BCUT2D eigenvalue weighted by atomic mass is 32.1. The van der Waals surface area contributed by atoms with Crippen molar-refractivity contribution in [3.63, 3.8) is 0 Å². The number of aromatic nitrogens is 2. The van der Waals surface area contributed by atoms with Crippen LogP contribution in [0.25, 0.3) is 10.2 Å². The summed E-state index contributed by atoms with van der Waals surface area (Å²) in [6.07, 6.45) is 1.67. The number of esters is 1. The van der Waals surface area contributed by atoms with E-state index in [-0.39, 0.29) is 12.5 Å². The van der Waals surface area contributed by atoms with Gasteiger partial charge in [-0.05, 0) is 48.5 Å². The number of thiazole rings is 1. The fourth-order valence-electron chi connectivity index (χ4n) is 3.29. The van der Waals surface area contributed by atoms with Gasteiger partial charge in [-0.3, -0.25) is 14.7 Å². The Morgan fingerprint density at radius 1 is 0.909 bits per heavy atom. The van der Waals surface area contributed by atoms with Crippen molar-refractivity contribution in [2.75, 3.05) is 26.2 Å². The standard InChI is InChI=1S/C24H21N3O5S/c1-30-18-11-12-19(31-2)21-20(18)26-24(33-21)27(14-17-6-4-5-13-25-17)22(28)15-7-9-16(10-8-15)23(29)32-3/h4-13H,14H2,1-3H3. The molecule has 4 aromatic rings.